The topological polar surface area (TPSA) is 56.5 Å². The van der Waals surface area contributed by atoms with E-state index in [9.17, 15) is 13.2 Å². The van der Waals surface area contributed by atoms with E-state index in [1.165, 1.54) is 16.9 Å². The zero-order valence-electron chi connectivity index (χ0n) is 15.2. The summed E-state index contributed by atoms with van der Waals surface area (Å²) in [4.78, 5) is 5.71. The van der Waals surface area contributed by atoms with Gasteiger partial charge >= 0.3 is 6.18 Å². The van der Waals surface area contributed by atoms with E-state index >= 15 is 0 Å². The van der Waals surface area contributed by atoms with Gasteiger partial charge in [0, 0.05) is 11.8 Å². The van der Waals surface area contributed by atoms with Crippen molar-refractivity contribution < 1.29 is 13.2 Å². The zero-order chi connectivity index (χ0) is 20.3. The first-order valence-electron chi connectivity index (χ1n) is 8.91. The maximum absolute atomic E-state index is 12.8. The standard InChI is InChI=1S/C21H16F3N5/c22-21(23,24)17-10-8-15(9-11-17)13-16-5-1-2-7-19(16)20-26-28-29(27-20)14-18-6-3-4-12-25-18/h1-12H,13-14H2. The van der Waals surface area contributed by atoms with Crippen LogP contribution in [0.5, 0.6) is 0 Å². The van der Waals surface area contributed by atoms with Gasteiger partial charge in [-0.3, -0.25) is 4.98 Å². The Hall–Kier alpha value is -3.55. The molecule has 0 fully saturated rings. The predicted octanol–water partition coefficient (Wildman–Crippen LogP) is 4.39. The van der Waals surface area contributed by atoms with Crippen LogP contribution >= 0.6 is 0 Å². The number of hydrogen-bond acceptors (Lipinski definition) is 4. The molecular formula is C21H16F3N5. The van der Waals surface area contributed by atoms with Gasteiger partial charge in [0.15, 0.2) is 0 Å². The molecule has 2 heterocycles. The molecule has 2 aromatic heterocycles. The Kier molecular flexibility index (Phi) is 5.07. The number of nitrogens with zero attached hydrogens (tertiary/aromatic N) is 5. The summed E-state index contributed by atoms with van der Waals surface area (Å²) in [5.74, 6) is 0.462. The van der Waals surface area contributed by atoms with Crippen LogP contribution < -0.4 is 0 Å². The van der Waals surface area contributed by atoms with Crippen molar-refractivity contribution in [3.8, 4) is 11.4 Å². The lowest BCUT2D eigenvalue weighted by atomic mass is 9.98. The molecule has 0 saturated heterocycles. The van der Waals surface area contributed by atoms with Crippen molar-refractivity contribution in [3.05, 3.63) is 95.3 Å². The van der Waals surface area contributed by atoms with Gasteiger partial charge in [0.2, 0.25) is 5.82 Å². The molecule has 0 saturated carbocycles. The van der Waals surface area contributed by atoms with Gasteiger partial charge in [0.1, 0.15) is 6.54 Å². The minimum atomic E-state index is -4.34. The Balaban J connectivity index is 1.56. The largest absolute Gasteiger partial charge is 0.416 e. The first kappa shape index (κ1) is 18.8. The molecule has 0 aliphatic rings. The van der Waals surface area contributed by atoms with Crippen molar-refractivity contribution in [1.29, 1.82) is 0 Å². The van der Waals surface area contributed by atoms with Gasteiger partial charge in [-0.15, -0.1) is 10.2 Å². The van der Waals surface area contributed by atoms with E-state index in [4.69, 9.17) is 0 Å². The van der Waals surface area contributed by atoms with E-state index < -0.39 is 11.7 Å². The number of aromatic nitrogens is 5. The predicted molar refractivity (Wildman–Crippen MR) is 101 cm³/mol. The van der Waals surface area contributed by atoms with Gasteiger partial charge in [0.05, 0.1) is 11.3 Å². The van der Waals surface area contributed by atoms with Crippen molar-refractivity contribution >= 4 is 0 Å². The molecule has 4 rings (SSSR count). The van der Waals surface area contributed by atoms with E-state index in [-0.39, 0.29) is 0 Å². The van der Waals surface area contributed by atoms with Gasteiger partial charge in [0.25, 0.3) is 0 Å². The van der Waals surface area contributed by atoms with Crippen LogP contribution in [0.25, 0.3) is 11.4 Å². The minimum Gasteiger partial charge on any atom is -0.259 e. The molecule has 0 aliphatic carbocycles. The van der Waals surface area contributed by atoms with Gasteiger partial charge in [-0.05, 0) is 47.0 Å². The van der Waals surface area contributed by atoms with Crippen molar-refractivity contribution in [3.63, 3.8) is 0 Å². The number of halogens is 3. The Morgan fingerprint density at radius 1 is 0.862 bits per heavy atom. The molecule has 0 bridgehead atoms. The van der Waals surface area contributed by atoms with Crippen molar-refractivity contribution in [2.45, 2.75) is 19.1 Å². The summed E-state index contributed by atoms with van der Waals surface area (Å²) >= 11 is 0. The summed E-state index contributed by atoms with van der Waals surface area (Å²) < 4.78 is 38.3. The Morgan fingerprint density at radius 3 is 2.34 bits per heavy atom. The molecule has 0 N–H and O–H groups in total. The van der Waals surface area contributed by atoms with Gasteiger partial charge in [-0.2, -0.15) is 18.0 Å². The summed E-state index contributed by atoms with van der Waals surface area (Å²) in [5.41, 5.74) is 2.62. The molecule has 0 aliphatic heterocycles. The molecule has 0 radical (unpaired) electrons. The SMILES string of the molecule is FC(F)(F)c1ccc(Cc2ccccc2-c2nnn(Cc3ccccn3)n2)cc1. The minimum absolute atomic E-state index is 0.398. The summed E-state index contributed by atoms with van der Waals surface area (Å²) in [7, 11) is 0. The third-order valence-corrected chi connectivity index (χ3v) is 4.42. The third kappa shape index (κ3) is 4.48. The lowest BCUT2D eigenvalue weighted by molar-refractivity contribution is -0.137. The number of hydrogen-bond donors (Lipinski definition) is 0. The molecule has 29 heavy (non-hydrogen) atoms. The van der Waals surface area contributed by atoms with E-state index in [0.29, 0.717) is 18.8 Å². The van der Waals surface area contributed by atoms with Crippen molar-refractivity contribution in [1.82, 2.24) is 25.2 Å². The number of benzene rings is 2. The number of alkyl halides is 3. The van der Waals surface area contributed by atoms with Crippen LogP contribution in [0.4, 0.5) is 13.2 Å². The highest BCUT2D eigenvalue weighted by atomic mass is 19.4. The molecule has 0 amide bonds. The fourth-order valence-corrected chi connectivity index (χ4v) is 2.98. The quantitative estimate of drug-likeness (QED) is 0.503. The van der Waals surface area contributed by atoms with Gasteiger partial charge < -0.3 is 0 Å². The van der Waals surface area contributed by atoms with Crippen molar-refractivity contribution in [2.24, 2.45) is 0 Å². The lowest BCUT2D eigenvalue weighted by Crippen LogP contribution is -2.05. The highest BCUT2D eigenvalue weighted by molar-refractivity contribution is 5.60. The highest BCUT2D eigenvalue weighted by Crippen LogP contribution is 2.30. The monoisotopic (exact) mass is 395 g/mol. The number of pyridine rings is 1. The van der Waals surface area contributed by atoms with Crippen LogP contribution in [0.2, 0.25) is 0 Å². The van der Waals surface area contributed by atoms with Crippen LogP contribution in [-0.2, 0) is 19.1 Å². The van der Waals surface area contributed by atoms with Crippen LogP contribution in [0.15, 0.2) is 72.9 Å². The summed E-state index contributed by atoms with van der Waals surface area (Å²) in [6, 6.07) is 18.3. The zero-order valence-corrected chi connectivity index (χ0v) is 15.2. The molecule has 0 unspecified atom stereocenters. The summed E-state index contributed by atoms with van der Waals surface area (Å²) in [6.45, 7) is 0.398. The van der Waals surface area contributed by atoms with Crippen LogP contribution in [0, 0.1) is 0 Å². The summed E-state index contributed by atoms with van der Waals surface area (Å²) in [5, 5.41) is 12.7. The first-order chi connectivity index (χ1) is 14.0. The lowest BCUT2D eigenvalue weighted by Gasteiger charge is -2.09. The number of rotatable bonds is 5. The molecule has 146 valence electrons. The van der Waals surface area contributed by atoms with Crippen molar-refractivity contribution in [2.75, 3.05) is 0 Å². The van der Waals surface area contributed by atoms with Crippen LogP contribution in [0.3, 0.4) is 0 Å². The second-order valence-corrected chi connectivity index (χ2v) is 6.49. The first-order valence-corrected chi connectivity index (χ1v) is 8.91. The van der Waals surface area contributed by atoms with Crippen LogP contribution in [0.1, 0.15) is 22.4 Å². The van der Waals surface area contributed by atoms with E-state index in [1.807, 2.05) is 42.5 Å². The Labute approximate surface area is 164 Å². The Morgan fingerprint density at radius 2 is 1.62 bits per heavy atom. The molecule has 0 atom stereocenters. The van der Waals surface area contributed by atoms with E-state index in [1.54, 1.807) is 6.20 Å². The second kappa shape index (κ2) is 7.83. The van der Waals surface area contributed by atoms with Crippen LogP contribution in [-0.4, -0.2) is 25.2 Å². The summed E-state index contributed by atoms with van der Waals surface area (Å²) in [6.07, 6.45) is -2.18. The smallest absolute Gasteiger partial charge is 0.259 e. The highest BCUT2D eigenvalue weighted by Gasteiger charge is 2.29. The molecule has 0 spiro atoms. The van der Waals surface area contributed by atoms with E-state index in [0.717, 1.165) is 34.5 Å². The third-order valence-electron chi connectivity index (χ3n) is 4.42. The normalized spacial score (nSPS) is 11.6. The molecule has 5 nitrogen and oxygen atoms in total. The fourth-order valence-electron chi connectivity index (χ4n) is 2.98. The average molecular weight is 395 g/mol. The maximum atomic E-state index is 12.8. The van der Waals surface area contributed by atoms with Gasteiger partial charge in [-0.25, -0.2) is 0 Å². The second-order valence-electron chi connectivity index (χ2n) is 6.49. The van der Waals surface area contributed by atoms with E-state index in [2.05, 4.69) is 20.4 Å². The maximum Gasteiger partial charge on any atom is 0.416 e. The Bertz CT molecular complexity index is 1090. The van der Waals surface area contributed by atoms with Gasteiger partial charge in [-0.1, -0.05) is 42.5 Å². The number of tetrazole rings is 1. The fraction of sp³-hybridized carbons (Fsp3) is 0.143. The molecule has 8 heteroatoms. The molecule has 4 aromatic rings. The average Bonchev–Trinajstić information content (AvgIpc) is 3.17. The molecule has 2 aromatic carbocycles. The molecular weight excluding hydrogens is 379 g/mol.